The molecule has 1 heterocycles. The first-order chi connectivity index (χ1) is 9.01. The Balaban J connectivity index is 2.22. The number of benzene rings is 1. The lowest BCUT2D eigenvalue weighted by Crippen LogP contribution is -2.45. The third-order valence-corrected chi connectivity index (χ3v) is 3.23. The summed E-state index contributed by atoms with van der Waals surface area (Å²) in [6, 6.07) is 5.42. The van der Waals surface area contributed by atoms with Crippen LogP contribution in [0, 0.1) is 0 Å². The smallest absolute Gasteiger partial charge is 0.339 e. The maximum atomic E-state index is 11.5. The van der Waals surface area contributed by atoms with Gasteiger partial charge in [-0.15, -0.1) is 0 Å². The minimum atomic E-state index is -0.409. The van der Waals surface area contributed by atoms with Gasteiger partial charge in [-0.2, -0.15) is 0 Å². The Hall–Kier alpha value is -1.75. The summed E-state index contributed by atoms with van der Waals surface area (Å²) in [5.74, 6) is -0.409. The molecular formula is C14H20N2O3. The molecule has 0 aromatic heterocycles. The second-order valence-electron chi connectivity index (χ2n) is 4.93. The van der Waals surface area contributed by atoms with Crippen LogP contribution < -0.4 is 10.6 Å². The first-order valence-corrected chi connectivity index (χ1v) is 6.39. The van der Waals surface area contributed by atoms with Crippen LogP contribution in [0.2, 0.25) is 0 Å². The standard InChI is InChI=1S/C14H20N2O3/c1-9-7-16(8-10(2)19-9)11-4-5-12(13(15)6-11)14(17)18-3/h4-6,9-10H,7-8,15H2,1-3H3/t9-,10+. The molecule has 5 nitrogen and oxygen atoms in total. The third kappa shape index (κ3) is 2.98. The number of methoxy groups -OCH3 is 1. The Morgan fingerprint density at radius 2 is 2.00 bits per heavy atom. The molecular weight excluding hydrogens is 244 g/mol. The monoisotopic (exact) mass is 264 g/mol. The molecule has 1 aromatic rings. The van der Waals surface area contributed by atoms with Gasteiger partial charge in [0.2, 0.25) is 0 Å². The summed E-state index contributed by atoms with van der Waals surface area (Å²) in [7, 11) is 1.35. The van der Waals surface area contributed by atoms with Crippen molar-refractivity contribution in [2.45, 2.75) is 26.1 Å². The normalized spacial score (nSPS) is 23.2. The lowest BCUT2D eigenvalue weighted by Gasteiger charge is -2.37. The average molecular weight is 264 g/mol. The van der Waals surface area contributed by atoms with Crippen molar-refractivity contribution in [1.82, 2.24) is 0 Å². The van der Waals surface area contributed by atoms with E-state index in [0.717, 1.165) is 18.8 Å². The number of carbonyl (C=O) groups excluding carboxylic acids is 1. The summed E-state index contributed by atoms with van der Waals surface area (Å²) >= 11 is 0. The Kier molecular flexibility index (Phi) is 3.95. The van der Waals surface area contributed by atoms with Crippen LogP contribution in [-0.4, -0.2) is 38.4 Å². The van der Waals surface area contributed by atoms with Crippen LogP contribution in [-0.2, 0) is 9.47 Å². The van der Waals surface area contributed by atoms with Crippen molar-refractivity contribution in [1.29, 1.82) is 0 Å². The predicted octanol–water partition coefficient (Wildman–Crippen LogP) is 1.67. The van der Waals surface area contributed by atoms with Gasteiger partial charge < -0.3 is 20.1 Å². The molecule has 2 N–H and O–H groups in total. The van der Waals surface area contributed by atoms with Crippen molar-refractivity contribution >= 4 is 17.3 Å². The maximum Gasteiger partial charge on any atom is 0.339 e. The van der Waals surface area contributed by atoms with Gasteiger partial charge in [0.05, 0.1) is 24.9 Å². The Morgan fingerprint density at radius 1 is 1.37 bits per heavy atom. The van der Waals surface area contributed by atoms with E-state index in [9.17, 15) is 4.79 Å². The molecule has 1 saturated heterocycles. The van der Waals surface area contributed by atoms with E-state index in [1.807, 2.05) is 12.1 Å². The van der Waals surface area contributed by atoms with Crippen molar-refractivity contribution in [2.24, 2.45) is 0 Å². The summed E-state index contributed by atoms with van der Waals surface area (Å²) in [5, 5.41) is 0. The SMILES string of the molecule is COC(=O)c1ccc(N2C[C@@H](C)O[C@@H](C)C2)cc1N. The van der Waals surface area contributed by atoms with E-state index < -0.39 is 5.97 Å². The Labute approximate surface area is 113 Å². The topological polar surface area (TPSA) is 64.8 Å². The van der Waals surface area contributed by atoms with Crippen LogP contribution in [0.5, 0.6) is 0 Å². The largest absolute Gasteiger partial charge is 0.465 e. The molecule has 1 aromatic carbocycles. The Morgan fingerprint density at radius 3 is 2.53 bits per heavy atom. The number of nitrogens with zero attached hydrogens (tertiary/aromatic N) is 1. The Bertz CT molecular complexity index is 466. The van der Waals surface area contributed by atoms with Gasteiger partial charge >= 0.3 is 5.97 Å². The van der Waals surface area contributed by atoms with Crippen molar-refractivity contribution in [3.8, 4) is 0 Å². The third-order valence-electron chi connectivity index (χ3n) is 3.23. The fraction of sp³-hybridized carbons (Fsp3) is 0.500. The molecule has 0 bridgehead atoms. The number of esters is 1. The van der Waals surface area contributed by atoms with Gasteiger partial charge in [0.1, 0.15) is 0 Å². The number of morpholine rings is 1. The molecule has 5 heteroatoms. The molecule has 1 aliphatic rings. The molecule has 1 aliphatic heterocycles. The highest BCUT2D eigenvalue weighted by Crippen LogP contribution is 2.25. The molecule has 0 saturated carbocycles. The molecule has 0 aliphatic carbocycles. The number of hydrogen-bond acceptors (Lipinski definition) is 5. The predicted molar refractivity (Wildman–Crippen MR) is 74.4 cm³/mol. The quantitative estimate of drug-likeness (QED) is 0.650. The van der Waals surface area contributed by atoms with E-state index in [-0.39, 0.29) is 12.2 Å². The van der Waals surface area contributed by atoms with Gasteiger partial charge in [-0.3, -0.25) is 0 Å². The number of carbonyl (C=O) groups is 1. The van der Waals surface area contributed by atoms with Crippen molar-refractivity contribution in [2.75, 3.05) is 30.8 Å². The zero-order valence-electron chi connectivity index (χ0n) is 11.6. The molecule has 104 valence electrons. The maximum absolute atomic E-state index is 11.5. The molecule has 0 radical (unpaired) electrons. The number of rotatable bonds is 2. The number of nitrogen functional groups attached to an aromatic ring is 1. The van der Waals surface area contributed by atoms with Gasteiger partial charge in [-0.1, -0.05) is 0 Å². The van der Waals surface area contributed by atoms with Gasteiger partial charge in [0.15, 0.2) is 0 Å². The zero-order valence-corrected chi connectivity index (χ0v) is 11.6. The van der Waals surface area contributed by atoms with E-state index in [4.69, 9.17) is 10.5 Å². The van der Waals surface area contributed by atoms with Crippen LogP contribution in [0.1, 0.15) is 24.2 Å². The van der Waals surface area contributed by atoms with Crippen molar-refractivity contribution in [3.05, 3.63) is 23.8 Å². The highest BCUT2D eigenvalue weighted by molar-refractivity contribution is 5.95. The summed E-state index contributed by atoms with van der Waals surface area (Å²) in [6.07, 6.45) is 0.371. The molecule has 2 atom stereocenters. The molecule has 2 rings (SSSR count). The van der Waals surface area contributed by atoms with Crippen molar-refractivity contribution < 1.29 is 14.3 Å². The molecule has 1 fully saturated rings. The van der Waals surface area contributed by atoms with Crippen LogP contribution >= 0.6 is 0 Å². The van der Waals surface area contributed by atoms with Crippen LogP contribution in [0.25, 0.3) is 0 Å². The van der Waals surface area contributed by atoms with E-state index in [1.165, 1.54) is 7.11 Å². The first kappa shape index (κ1) is 13.7. The molecule has 19 heavy (non-hydrogen) atoms. The van der Waals surface area contributed by atoms with E-state index >= 15 is 0 Å². The fourth-order valence-corrected chi connectivity index (χ4v) is 2.43. The van der Waals surface area contributed by atoms with E-state index in [2.05, 4.69) is 23.5 Å². The lowest BCUT2D eigenvalue weighted by atomic mass is 10.1. The molecule has 0 amide bonds. The summed E-state index contributed by atoms with van der Waals surface area (Å²) in [6.45, 7) is 5.74. The lowest BCUT2D eigenvalue weighted by molar-refractivity contribution is -0.00522. The number of anilines is 2. The van der Waals surface area contributed by atoms with Gasteiger partial charge in [-0.05, 0) is 32.0 Å². The zero-order chi connectivity index (χ0) is 14.0. The number of hydrogen-bond donors (Lipinski definition) is 1. The van der Waals surface area contributed by atoms with Gasteiger partial charge in [0.25, 0.3) is 0 Å². The van der Waals surface area contributed by atoms with Crippen LogP contribution in [0.4, 0.5) is 11.4 Å². The highest BCUT2D eigenvalue weighted by atomic mass is 16.5. The fourth-order valence-electron chi connectivity index (χ4n) is 2.43. The second-order valence-corrected chi connectivity index (χ2v) is 4.93. The van der Waals surface area contributed by atoms with Gasteiger partial charge in [0, 0.05) is 24.5 Å². The summed E-state index contributed by atoms with van der Waals surface area (Å²) in [4.78, 5) is 13.7. The average Bonchev–Trinajstić information content (AvgIpc) is 2.36. The van der Waals surface area contributed by atoms with Gasteiger partial charge in [-0.25, -0.2) is 4.79 Å². The minimum Gasteiger partial charge on any atom is -0.465 e. The second kappa shape index (κ2) is 5.48. The number of ether oxygens (including phenoxy) is 2. The van der Waals surface area contributed by atoms with Crippen LogP contribution in [0.15, 0.2) is 18.2 Å². The molecule has 0 spiro atoms. The molecule has 0 unspecified atom stereocenters. The summed E-state index contributed by atoms with van der Waals surface area (Å²) in [5.41, 5.74) is 7.77. The highest BCUT2D eigenvalue weighted by Gasteiger charge is 2.23. The number of nitrogens with two attached hydrogens (primary N) is 1. The van der Waals surface area contributed by atoms with E-state index in [0.29, 0.717) is 11.3 Å². The van der Waals surface area contributed by atoms with Crippen molar-refractivity contribution in [3.63, 3.8) is 0 Å². The van der Waals surface area contributed by atoms with Crippen LogP contribution in [0.3, 0.4) is 0 Å². The minimum absolute atomic E-state index is 0.185. The first-order valence-electron chi connectivity index (χ1n) is 6.39. The summed E-state index contributed by atoms with van der Waals surface area (Å²) < 4.78 is 10.4. The van der Waals surface area contributed by atoms with E-state index in [1.54, 1.807) is 6.07 Å².